The van der Waals surface area contributed by atoms with E-state index in [1.54, 1.807) is 0 Å². The summed E-state index contributed by atoms with van der Waals surface area (Å²) in [6, 6.07) is 10.5. The second-order valence-electron chi connectivity index (χ2n) is 4.46. The van der Waals surface area contributed by atoms with Gasteiger partial charge in [-0.15, -0.1) is 0 Å². The Labute approximate surface area is 102 Å². The summed E-state index contributed by atoms with van der Waals surface area (Å²) in [7, 11) is 0. The third-order valence-corrected chi connectivity index (χ3v) is 3.27. The zero-order valence-corrected chi connectivity index (χ0v) is 10.2. The fourth-order valence-electron chi connectivity index (χ4n) is 2.19. The van der Waals surface area contributed by atoms with E-state index < -0.39 is 0 Å². The van der Waals surface area contributed by atoms with Gasteiger partial charge < -0.3 is 10.1 Å². The van der Waals surface area contributed by atoms with E-state index in [-0.39, 0.29) is 11.8 Å². The van der Waals surface area contributed by atoms with Crippen LogP contribution >= 0.6 is 0 Å². The van der Waals surface area contributed by atoms with Gasteiger partial charge in [-0.25, -0.2) is 0 Å². The molecule has 3 heteroatoms. The molecular weight excluding hydrogens is 214 g/mol. The molecule has 0 aromatic heterocycles. The van der Waals surface area contributed by atoms with E-state index in [1.165, 1.54) is 5.56 Å². The summed E-state index contributed by atoms with van der Waals surface area (Å²) in [5.41, 5.74) is 1.19. The molecule has 1 amide bonds. The lowest BCUT2D eigenvalue weighted by molar-refractivity contribution is -0.135. The van der Waals surface area contributed by atoms with Gasteiger partial charge in [0.15, 0.2) is 0 Å². The van der Waals surface area contributed by atoms with Crippen molar-refractivity contribution in [2.45, 2.75) is 32.4 Å². The molecule has 0 radical (unpaired) electrons. The quantitative estimate of drug-likeness (QED) is 0.603. The summed E-state index contributed by atoms with van der Waals surface area (Å²) >= 11 is 0. The molecule has 1 aromatic carbocycles. The van der Waals surface area contributed by atoms with Crippen LogP contribution in [0.25, 0.3) is 0 Å². The molecule has 0 aliphatic carbocycles. The van der Waals surface area contributed by atoms with Gasteiger partial charge in [0.25, 0.3) is 0 Å². The molecule has 2 rings (SSSR count). The monoisotopic (exact) mass is 233 g/mol. The Bertz CT molecular complexity index is 364. The molecule has 1 N–H and O–H groups in total. The first kappa shape index (κ1) is 12.1. The summed E-state index contributed by atoms with van der Waals surface area (Å²) in [6.45, 7) is 3.41. The van der Waals surface area contributed by atoms with E-state index in [1.807, 2.05) is 18.2 Å². The topological polar surface area (TPSA) is 38.3 Å². The molecule has 17 heavy (non-hydrogen) atoms. The minimum atomic E-state index is 0.195. The molecule has 3 nitrogen and oxygen atoms in total. The number of carbonyl (C=O) groups is 1. The van der Waals surface area contributed by atoms with Crippen molar-refractivity contribution in [3.05, 3.63) is 35.9 Å². The van der Waals surface area contributed by atoms with Crippen molar-refractivity contribution in [1.29, 1.82) is 0 Å². The highest BCUT2D eigenvalue weighted by Gasteiger charge is 2.36. The Morgan fingerprint density at radius 3 is 2.71 bits per heavy atom. The van der Waals surface area contributed by atoms with Crippen molar-refractivity contribution in [2.75, 3.05) is 6.61 Å². The Morgan fingerprint density at radius 2 is 2.06 bits per heavy atom. The van der Waals surface area contributed by atoms with Crippen molar-refractivity contribution >= 4 is 5.91 Å². The molecule has 92 valence electrons. The first-order valence-electron chi connectivity index (χ1n) is 6.23. The van der Waals surface area contributed by atoms with E-state index in [0.717, 1.165) is 12.8 Å². The summed E-state index contributed by atoms with van der Waals surface area (Å²) in [5.74, 6) is 0.399. The van der Waals surface area contributed by atoms with E-state index in [9.17, 15) is 4.79 Å². The maximum atomic E-state index is 11.2. The molecular formula is C14H19NO2. The number of nitrogens with one attached hydrogen (secondary N) is 1. The van der Waals surface area contributed by atoms with Gasteiger partial charge in [-0.2, -0.15) is 0 Å². The van der Waals surface area contributed by atoms with Gasteiger partial charge in [-0.1, -0.05) is 37.3 Å². The third-order valence-electron chi connectivity index (χ3n) is 3.27. The molecule has 0 bridgehead atoms. The first-order valence-corrected chi connectivity index (χ1v) is 6.23. The summed E-state index contributed by atoms with van der Waals surface area (Å²) < 4.78 is 5.60. The van der Waals surface area contributed by atoms with Crippen LogP contribution in [0.15, 0.2) is 30.3 Å². The molecule has 2 unspecified atom stereocenters. The van der Waals surface area contributed by atoms with Crippen molar-refractivity contribution in [2.24, 2.45) is 5.92 Å². The van der Waals surface area contributed by atoms with E-state index >= 15 is 0 Å². The molecule has 0 spiro atoms. The van der Waals surface area contributed by atoms with E-state index in [0.29, 0.717) is 19.3 Å². The predicted molar refractivity (Wildman–Crippen MR) is 66.4 cm³/mol. The molecule has 1 fully saturated rings. The van der Waals surface area contributed by atoms with Crippen LogP contribution in [0.2, 0.25) is 0 Å². The molecule has 1 aromatic rings. The molecule has 1 aliphatic heterocycles. The Morgan fingerprint density at radius 1 is 1.29 bits per heavy atom. The zero-order chi connectivity index (χ0) is 12.1. The largest absolute Gasteiger partial charge is 0.377 e. The predicted octanol–water partition coefficient (Wildman–Crippen LogP) is 2.12. The summed E-state index contributed by atoms with van der Waals surface area (Å²) in [4.78, 5) is 11.2. The van der Waals surface area contributed by atoms with Crippen LogP contribution in [-0.2, 0) is 16.1 Å². The minimum Gasteiger partial charge on any atom is -0.377 e. The van der Waals surface area contributed by atoms with Crippen LogP contribution in [0.4, 0.5) is 0 Å². The second-order valence-corrected chi connectivity index (χ2v) is 4.46. The number of β-lactam (4-membered cyclic amide) rings is 1. The Hall–Kier alpha value is -1.35. The fraction of sp³-hybridized carbons (Fsp3) is 0.500. The fourth-order valence-corrected chi connectivity index (χ4v) is 2.19. The average Bonchev–Trinajstić information content (AvgIpc) is 2.34. The highest BCUT2D eigenvalue weighted by Crippen LogP contribution is 2.21. The smallest absolute Gasteiger partial charge is 0.225 e. The molecule has 0 saturated carbocycles. The standard InChI is InChI=1S/C14H19NO2/c1-2-12-13(15-14(12)16)8-9-17-10-11-6-4-3-5-7-11/h3-7,12-13H,2,8-10H2,1H3,(H,15,16). The van der Waals surface area contributed by atoms with Crippen molar-refractivity contribution in [1.82, 2.24) is 5.32 Å². The summed E-state index contributed by atoms with van der Waals surface area (Å²) in [5, 5.41) is 2.92. The minimum absolute atomic E-state index is 0.195. The number of hydrogen-bond acceptors (Lipinski definition) is 2. The van der Waals surface area contributed by atoms with Gasteiger partial charge in [-0.3, -0.25) is 4.79 Å². The van der Waals surface area contributed by atoms with Crippen LogP contribution in [0.3, 0.4) is 0 Å². The van der Waals surface area contributed by atoms with Gasteiger partial charge >= 0.3 is 0 Å². The van der Waals surface area contributed by atoms with Crippen LogP contribution in [-0.4, -0.2) is 18.6 Å². The molecule has 2 atom stereocenters. The number of carbonyl (C=O) groups excluding carboxylic acids is 1. The average molecular weight is 233 g/mol. The summed E-state index contributed by atoms with van der Waals surface area (Å²) in [6.07, 6.45) is 1.84. The van der Waals surface area contributed by atoms with Crippen LogP contribution in [0.5, 0.6) is 0 Å². The van der Waals surface area contributed by atoms with Gasteiger partial charge in [0.1, 0.15) is 0 Å². The van der Waals surface area contributed by atoms with Crippen LogP contribution in [0, 0.1) is 5.92 Å². The third kappa shape index (κ3) is 3.07. The van der Waals surface area contributed by atoms with Crippen molar-refractivity contribution in [3.63, 3.8) is 0 Å². The lowest BCUT2D eigenvalue weighted by atomic mass is 9.86. The normalized spacial score (nSPS) is 23.0. The molecule has 1 heterocycles. The van der Waals surface area contributed by atoms with Crippen LogP contribution < -0.4 is 5.32 Å². The second kappa shape index (κ2) is 5.82. The highest BCUT2D eigenvalue weighted by atomic mass is 16.5. The maximum Gasteiger partial charge on any atom is 0.225 e. The number of ether oxygens (including phenoxy) is 1. The van der Waals surface area contributed by atoms with Gasteiger partial charge in [0.2, 0.25) is 5.91 Å². The molecule has 1 aliphatic rings. The van der Waals surface area contributed by atoms with E-state index in [4.69, 9.17) is 4.74 Å². The molecule has 1 saturated heterocycles. The van der Waals surface area contributed by atoms with Crippen LogP contribution in [0.1, 0.15) is 25.3 Å². The number of amides is 1. The number of hydrogen-bond donors (Lipinski definition) is 1. The van der Waals surface area contributed by atoms with Gasteiger partial charge in [0.05, 0.1) is 12.5 Å². The lowest BCUT2D eigenvalue weighted by Gasteiger charge is -2.36. The lowest BCUT2D eigenvalue weighted by Crippen LogP contribution is -2.58. The SMILES string of the molecule is CCC1C(=O)NC1CCOCc1ccccc1. The van der Waals surface area contributed by atoms with Crippen molar-refractivity contribution in [3.8, 4) is 0 Å². The zero-order valence-electron chi connectivity index (χ0n) is 10.2. The number of rotatable bonds is 6. The Balaban J connectivity index is 1.63. The Kier molecular flexibility index (Phi) is 4.15. The highest BCUT2D eigenvalue weighted by molar-refractivity contribution is 5.85. The maximum absolute atomic E-state index is 11.2. The number of benzene rings is 1. The first-order chi connectivity index (χ1) is 8.31. The van der Waals surface area contributed by atoms with Gasteiger partial charge in [0, 0.05) is 12.6 Å². The van der Waals surface area contributed by atoms with Gasteiger partial charge in [-0.05, 0) is 18.4 Å². The van der Waals surface area contributed by atoms with Crippen molar-refractivity contribution < 1.29 is 9.53 Å². The van der Waals surface area contributed by atoms with E-state index in [2.05, 4.69) is 24.4 Å².